The fourth-order valence-electron chi connectivity index (χ4n) is 3.88. The van der Waals surface area contributed by atoms with Crippen LogP contribution in [0.4, 0.5) is 0 Å². The molecule has 28 heavy (non-hydrogen) atoms. The van der Waals surface area contributed by atoms with Crippen LogP contribution >= 0.6 is 0 Å². The summed E-state index contributed by atoms with van der Waals surface area (Å²) in [6.07, 6.45) is 5.93. The van der Waals surface area contributed by atoms with E-state index in [9.17, 15) is 4.79 Å². The van der Waals surface area contributed by atoms with Gasteiger partial charge in [0.05, 0.1) is 0 Å². The molecular weight excluding hydrogens is 340 g/mol. The number of ketones is 1. The molecule has 0 heterocycles. The number of hydrogen-bond donors (Lipinski definition) is 0. The Hall–Kier alpha value is -2.67. The minimum absolute atomic E-state index is 0.129. The maximum absolute atomic E-state index is 13.3. The maximum atomic E-state index is 13.3. The molecule has 0 amide bonds. The normalized spacial score (nSPS) is 11.9. The van der Waals surface area contributed by atoms with Gasteiger partial charge in [0.25, 0.3) is 0 Å². The Labute approximate surface area is 169 Å². The highest BCUT2D eigenvalue weighted by Crippen LogP contribution is 2.30. The van der Waals surface area contributed by atoms with E-state index >= 15 is 0 Å². The Balaban J connectivity index is 1.84. The molecule has 3 rings (SSSR count). The number of carbonyl (C=O) groups excluding carboxylic acids is 1. The zero-order chi connectivity index (χ0) is 19.8. The lowest BCUT2D eigenvalue weighted by molar-refractivity contribution is 0.103. The predicted octanol–water partition coefficient (Wildman–Crippen LogP) is 7.66. The van der Waals surface area contributed by atoms with Gasteiger partial charge in [0.15, 0.2) is 5.78 Å². The quantitative estimate of drug-likeness (QED) is 0.279. The summed E-state index contributed by atoms with van der Waals surface area (Å²) in [5.41, 5.74) is 5.13. The summed E-state index contributed by atoms with van der Waals surface area (Å²) in [7, 11) is 0. The second-order valence-electron chi connectivity index (χ2n) is 7.46. The van der Waals surface area contributed by atoms with Crippen molar-refractivity contribution < 1.29 is 4.79 Å². The third-order valence-corrected chi connectivity index (χ3v) is 5.55. The van der Waals surface area contributed by atoms with E-state index in [4.69, 9.17) is 0 Å². The van der Waals surface area contributed by atoms with Crippen molar-refractivity contribution in [1.29, 1.82) is 0 Å². The monoisotopic (exact) mass is 370 g/mol. The first kappa shape index (κ1) is 20.1. The van der Waals surface area contributed by atoms with E-state index in [2.05, 4.69) is 38.1 Å². The van der Waals surface area contributed by atoms with Crippen LogP contribution in [0, 0.1) is 0 Å². The van der Waals surface area contributed by atoms with Crippen LogP contribution in [0.1, 0.15) is 73.4 Å². The van der Waals surface area contributed by atoms with E-state index in [1.54, 1.807) is 0 Å². The first-order chi connectivity index (χ1) is 13.7. The fraction of sp³-hybridized carbons (Fsp3) is 0.296. The molecule has 0 saturated heterocycles. The molecule has 0 aliphatic rings. The summed E-state index contributed by atoms with van der Waals surface area (Å²) in [6.45, 7) is 4.46. The van der Waals surface area contributed by atoms with Crippen molar-refractivity contribution in [3.8, 4) is 11.1 Å². The van der Waals surface area contributed by atoms with Crippen LogP contribution in [-0.2, 0) is 0 Å². The minimum Gasteiger partial charge on any atom is -0.289 e. The van der Waals surface area contributed by atoms with Gasteiger partial charge in [-0.25, -0.2) is 0 Å². The molecule has 1 nitrogen and oxygen atoms in total. The molecule has 1 atom stereocenters. The van der Waals surface area contributed by atoms with Crippen LogP contribution in [0.5, 0.6) is 0 Å². The molecule has 3 aromatic carbocycles. The van der Waals surface area contributed by atoms with E-state index < -0.39 is 0 Å². The van der Waals surface area contributed by atoms with Crippen molar-refractivity contribution in [1.82, 2.24) is 0 Å². The number of benzene rings is 3. The molecular formula is C27H30O. The van der Waals surface area contributed by atoms with Gasteiger partial charge in [-0.15, -0.1) is 0 Å². The highest BCUT2D eigenvalue weighted by molar-refractivity contribution is 6.10. The zero-order valence-corrected chi connectivity index (χ0v) is 17.0. The molecule has 0 aliphatic carbocycles. The lowest BCUT2D eigenvalue weighted by Gasteiger charge is -2.19. The molecule has 0 saturated carbocycles. The van der Waals surface area contributed by atoms with Gasteiger partial charge in [0, 0.05) is 11.1 Å². The van der Waals surface area contributed by atoms with E-state index in [1.165, 1.54) is 30.4 Å². The molecule has 1 unspecified atom stereocenters. The Morgan fingerprint density at radius 2 is 1.39 bits per heavy atom. The molecule has 3 aromatic rings. The summed E-state index contributed by atoms with van der Waals surface area (Å²) in [5.74, 6) is 0.583. The summed E-state index contributed by atoms with van der Waals surface area (Å²) >= 11 is 0. The van der Waals surface area contributed by atoms with Gasteiger partial charge in [-0.1, -0.05) is 112 Å². The van der Waals surface area contributed by atoms with Crippen molar-refractivity contribution >= 4 is 5.78 Å². The molecule has 0 spiro atoms. The summed E-state index contributed by atoms with van der Waals surface area (Å²) in [4.78, 5) is 13.3. The van der Waals surface area contributed by atoms with Gasteiger partial charge in [-0.05, 0) is 35.4 Å². The van der Waals surface area contributed by atoms with Crippen LogP contribution in [0.2, 0.25) is 0 Å². The van der Waals surface area contributed by atoms with Crippen LogP contribution in [0.3, 0.4) is 0 Å². The van der Waals surface area contributed by atoms with Crippen molar-refractivity contribution in [2.75, 3.05) is 0 Å². The topological polar surface area (TPSA) is 17.1 Å². The third kappa shape index (κ3) is 4.78. The first-order valence-electron chi connectivity index (χ1n) is 10.5. The van der Waals surface area contributed by atoms with Crippen molar-refractivity contribution in [3.63, 3.8) is 0 Å². The summed E-state index contributed by atoms with van der Waals surface area (Å²) in [5, 5.41) is 0. The highest BCUT2D eigenvalue weighted by atomic mass is 16.1. The Bertz CT molecular complexity index is 878. The number of rotatable bonds is 9. The smallest absolute Gasteiger partial charge is 0.193 e. The van der Waals surface area contributed by atoms with Crippen LogP contribution in [-0.4, -0.2) is 5.78 Å². The van der Waals surface area contributed by atoms with Gasteiger partial charge < -0.3 is 0 Å². The molecule has 1 heteroatoms. The average Bonchev–Trinajstić information content (AvgIpc) is 2.77. The standard InChI is InChI=1S/C27H30O/c1-3-5-7-12-21(4-2)25-15-10-11-16-26(25)27(28)24-19-17-23(18-20-24)22-13-8-6-9-14-22/h6,8-11,13-21H,3-5,7,12H2,1-2H3. The highest BCUT2D eigenvalue weighted by Gasteiger charge is 2.18. The van der Waals surface area contributed by atoms with E-state index in [1.807, 2.05) is 54.6 Å². The van der Waals surface area contributed by atoms with Gasteiger partial charge in [-0.3, -0.25) is 4.79 Å². The lowest BCUT2D eigenvalue weighted by atomic mass is 9.85. The van der Waals surface area contributed by atoms with Gasteiger partial charge in [-0.2, -0.15) is 0 Å². The first-order valence-corrected chi connectivity index (χ1v) is 10.5. The molecule has 0 aliphatic heterocycles. The second kappa shape index (κ2) is 10.0. The van der Waals surface area contributed by atoms with Crippen molar-refractivity contribution in [2.45, 2.75) is 51.9 Å². The Morgan fingerprint density at radius 1 is 0.750 bits per heavy atom. The summed E-state index contributed by atoms with van der Waals surface area (Å²) in [6, 6.07) is 26.5. The van der Waals surface area contributed by atoms with Crippen molar-refractivity contribution in [2.24, 2.45) is 0 Å². The Morgan fingerprint density at radius 3 is 2.07 bits per heavy atom. The van der Waals surface area contributed by atoms with Gasteiger partial charge >= 0.3 is 0 Å². The number of hydrogen-bond acceptors (Lipinski definition) is 1. The molecule has 0 radical (unpaired) electrons. The fourth-order valence-corrected chi connectivity index (χ4v) is 3.88. The van der Waals surface area contributed by atoms with Crippen LogP contribution in [0.25, 0.3) is 11.1 Å². The number of carbonyl (C=O) groups is 1. The average molecular weight is 371 g/mol. The minimum atomic E-state index is 0.129. The van der Waals surface area contributed by atoms with Gasteiger partial charge in [0.1, 0.15) is 0 Å². The molecule has 144 valence electrons. The second-order valence-corrected chi connectivity index (χ2v) is 7.46. The largest absolute Gasteiger partial charge is 0.289 e. The maximum Gasteiger partial charge on any atom is 0.193 e. The lowest BCUT2D eigenvalue weighted by Crippen LogP contribution is -2.09. The van der Waals surface area contributed by atoms with Gasteiger partial charge in [0.2, 0.25) is 0 Å². The number of unbranched alkanes of at least 4 members (excludes halogenated alkanes) is 2. The molecule has 0 bridgehead atoms. The predicted molar refractivity (Wildman–Crippen MR) is 119 cm³/mol. The van der Waals surface area contributed by atoms with E-state index in [0.29, 0.717) is 5.92 Å². The van der Waals surface area contributed by atoms with Crippen LogP contribution in [0.15, 0.2) is 78.9 Å². The summed E-state index contributed by atoms with van der Waals surface area (Å²) < 4.78 is 0. The van der Waals surface area contributed by atoms with E-state index in [0.717, 1.165) is 29.5 Å². The third-order valence-electron chi connectivity index (χ3n) is 5.55. The van der Waals surface area contributed by atoms with Crippen LogP contribution < -0.4 is 0 Å². The molecule has 0 N–H and O–H groups in total. The molecule has 0 aromatic heterocycles. The zero-order valence-electron chi connectivity index (χ0n) is 17.0. The Kier molecular flexibility index (Phi) is 7.19. The SMILES string of the molecule is CCCCCC(CC)c1ccccc1C(=O)c1ccc(-c2ccccc2)cc1. The molecule has 0 fully saturated rings. The van der Waals surface area contributed by atoms with E-state index in [-0.39, 0.29) is 5.78 Å². The van der Waals surface area contributed by atoms with Crippen molar-refractivity contribution in [3.05, 3.63) is 95.6 Å².